The van der Waals surface area contributed by atoms with Crippen LogP contribution in [0.4, 0.5) is 5.82 Å². The minimum atomic E-state index is -0.292. The van der Waals surface area contributed by atoms with Crippen molar-refractivity contribution in [2.75, 3.05) is 19.0 Å². The highest BCUT2D eigenvalue weighted by Crippen LogP contribution is 2.14. The molecule has 0 aliphatic rings. The summed E-state index contributed by atoms with van der Waals surface area (Å²) >= 11 is 1.60. The van der Waals surface area contributed by atoms with E-state index in [-0.39, 0.29) is 11.3 Å². The van der Waals surface area contributed by atoms with Gasteiger partial charge in [-0.25, -0.2) is 9.97 Å². The van der Waals surface area contributed by atoms with Gasteiger partial charge in [-0.3, -0.25) is 4.79 Å². The first-order valence-corrected chi connectivity index (χ1v) is 5.93. The van der Waals surface area contributed by atoms with Crippen LogP contribution in [0.2, 0.25) is 0 Å². The Hall–Kier alpha value is -1.89. The van der Waals surface area contributed by atoms with Crippen molar-refractivity contribution in [3.63, 3.8) is 0 Å². The number of aromatic nitrogens is 3. The number of H-pyrrole nitrogens is 1. The van der Waals surface area contributed by atoms with E-state index >= 15 is 0 Å². The molecule has 2 aromatic rings. The second-order valence-electron chi connectivity index (χ2n) is 3.22. The van der Waals surface area contributed by atoms with Crippen molar-refractivity contribution in [2.45, 2.75) is 6.42 Å². The SMILES string of the molecule is COc1c(NCCc2nccs2)nc[nH]c1=O. The standard InChI is InChI=1S/C10H12N4O2S/c1-16-8-9(13-6-14-10(8)15)12-3-2-7-11-4-5-17-7/h4-6H,2-3H2,1H3,(H2,12,13,14,15). The van der Waals surface area contributed by atoms with Crippen LogP contribution in [0.1, 0.15) is 5.01 Å². The number of nitrogens with one attached hydrogen (secondary N) is 2. The van der Waals surface area contributed by atoms with Crippen LogP contribution in [-0.4, -0.2) is 28.6 Å². The molecule has 0 amide bonds. The van der Waals surface area contributed by atoms with Crippen LogP contribution >= 0.6 is 11.3 Å². The fourth-order valence-electron chi connectivity index (χ4n) is 1.37. The quantitative estimate of drug-likeness (QED) is 0.826. The van der Waals surface area contributed by atoms with Crippen molar-refractivity contribution >= 4 is 17.2 Å². The first-order chi connectivity index (χ1) is 8.31. The maximum absolute atomic E-state index is 11.4. The van der Waals surface area contributed by atoms with Gasteiger partial charge >= 0.3 is 0 Å². The lowest BCUT2D eigenvalue weighted by molar-refractivity contribution is 0.408. The highest BCUT2D eigenvalue weighted by Gasteiger charge is 2.07. The smallest absolute Gasteiger partial charge is 0.295 e. The largest absolute Gasteiger partial charge is 0.489 e. The number of anilines is 1. The molecule has 2 heterocycles. The fraction of sp³-hybridized carbons (Fsp3) is 0.300. The highest BCUT2D eigenvalue weighted by atomic mass is 32.1. The van der Waals surface area contributed by atoms with E-state index in [1.54, 1.807) is 17.5 Å². The van der Waals surface area contributed by atoms with Crippen LogP contribution in [0.3, 0.4) is 0 Å². The molecule has 0 unspecified atom stereocenters. The molecular formula is C10H12N4O2S. The Labute approximate surface area is 102 Å². The minimum Gasteiger partial charge on any atom is -0.489 e. The molecule has 0 bridgehead atoms. The summed E-state index contributed by atoms with van der Waals surface area (Å²) in [5.41, 5.74) is -0.292. The lowest BCUT2D eigenvalue weighted by atomic mass is 10.4. The van der Waals surface area contributed by atoms with Crippen LogP contribution in [-0.2, 0) is 6.42 Å². The number of methoxy groups -OCH3 is 1. The van der Waals surface area contributed by atoms with E-state index in [4.69, 9.17) is 4.74 Å². The molecule has 0 aromatic carbocycles. The molecule has 0 spiro atoms. The first-order valence-electron chi connectivity index (χ1n) is 5.05. The van der Waals surface area contributed by atoms with Gasteiger partial charge in [0.25, 0.3) is 5.56 Å². The highest BCUT2D eigenvalue weighted by molar-refractivity contribution is 7.09. The molecule has 2 rings (SSSR count). The predicted molar refractivity (Wildman–Crippen MR) is 65.7 cm³/mol. The zero-order valence-electron chi connectivity index (χ0n) is 9.27. The van der Waals surface area contributed by atoms with E-state index in [2.05, 4.69) is 20.3 Å². The Morgan fingerprint density at radius 3 is 3.12 bits per heavy atom. The van der Waals surface area contributed by atoms with Crippen molar-refractivity contribution in [1.82, 2.24) is 15.0 Å². The Bertz CT molecular complexity index is 523. The fourth-order valence-corrected chi connectivity index (χ4v) is 1.99. The summed E-state index contributed by atoms with van der Waals surface area (Å²) in [6.45, 7) is 0.653. The average molecular weight is 252 g/mol. The number of ether oxygens (including phenoxy) is 1. The summed E-state index contributed by atoms with van der Waals surface area (Å²) in [4.78, 5) is 22.0. The Morgan fingerprint density at radius 1 is 1.53 bits per heavy atom. The van der Waals surface area contributed by atoms with E-state index in [9.17, 15) is 4.79 Å². The molecule has 17 heavy (non-hydrogen) atoms. The molecule has 7 heteroatoms. The second kappa shape index (κ2) is 5.44. The molecular weight excluding hydrogens is 240 g/mol. The number of rotatable bonds is 5. The maximum atomic E-state index is 11.4. The Morgan fingerprint density at radius 2 is 2.41 bits per heavy atom. The van der Waals surface area contributed by atoms with Gasteiger partial charge in [-0.15, -0.1) is 11.3 Å². The van der Waals surface area contributed by atoms with E-state index in [1.807, 2.05) is 5.38 Å². The van der Waals surface area contributed by atoms with Crippen LogP contribution in [0, 0.1) is 0 Å². The van der Waals surface area contributed by atoms with Crippen molar-refractivity contribution in [2.24, 2.45) is 0 Å². The Kier molecular flexibility index (Phi) is 3.71. The monoisotopic (exact) mass is 252 g/mol. The maximum Gasteiger partial charge on any atom is 0.295 e. The molecule has 0 aliphatic carbocycles. The molecule has 2 aromatic heterocycles. The van der Waals surface area contributed by atoms with Gasteiger partial charge < -0.3 is 15.0 Å². The van der Waals surface area contributed by atoms with Crippen molar-refractivity contribution in [3.8, 4) is 5.75 Å². The second-order valence-corrected chi connectivity index (χ2v) is 4.20. The topological polar surface area (TPSA) is 79.9 Å². The molecule has 0 saturated heterocycles. The molecule has 0 atom stereocenters. The van der Waals surface area contributed by atoms with Gasteiger partial charge in [0.15, 0.2) is 5.82 Å². The third-order valence-corrected chi connectivity index (χ3v) is 2.97. The van der Waals surface area contributed by atoms with Crippen LogP contribution in [0.25, 0.3) is 0 Å². The number of hydrogen-bond acceptors (Lipinski definition) is 6. The predicted octanol–water partition coefficient (Wildman–Crippen LogP) is 0.890. The van der Waals surface area contributed by atoms with Gasteiger partial charge in [0.05, 0.1) is 18.4 Å². The average Bonchev–Trinajstić information content (AvgIpc) is 2.82. The number of thiazole rings is 1. The zero-order valence-corrected chi connectivity index (χ0v) is 10.1. The Balaban J connectivity index is 1.99. The van der Waals surface area contributed by atoms with Crippen LogP contribution < -0.4 is 15.6 Å². The molecule has 90 valence electrons. The summed E-state index contributed by atoms with van der Waals surface area (Å²) in [5.74, 6) is 0.652. The third-order valence-electron chi connectivity index (χ3n) is 2.13. The van der Waals surface area contributed by atoms with Gasteiger partial charge in [-0.05, 0) is 0 Å². The van der Waals surface area contributed by atoms with Crippen molar-refractivity contribution < 1.29 is 4.74 Å². The normalized spacial score (nSPS) is 10.2. The molecule has 0 aliphatic heterocycles. The minimum absolute atomic E-state index is 0.201. The van der Waals surface area contributed by atoms with Gasteiger partial charge in [0.1, 0.15) is 0 Å². The number of aromatic amines is 1. The molecule has 6 nitrogen and oxygen atoms in total. The van der Waals surface area contributed by atoms with E-state index in [1.165, 1.54) is 13.4 Å². The summed E-state index contributed by atoms with van der Waals surface area (Å²) in [6, 6.07) is 0. The van der Waals surface area contributed by atoms with Crippen molar-refractivity contribution in [1.29, 1.82) is 0 Å². The van der Waals surface area contributed by atoms with Gasteiger partial charge in [0.2, 0.25) is 5.75 Å². The van der Waals surface area contributed by atoms with E-state index < -0.39 is 0 Å². The van der Waals surface area contributed by atoms with Gasteiger partial charge in [-0.2, -0.15) is 0 Å². The summed E-state index contributed by atoms with van der Waals surface area (Å²) < 4.78 is 4.98. The zero-order chi connectivity index (χ0) is 12.1. The van der Waals surface area contributed by atoms with Crippen LogP contribution in [0.5, 0.6) is 5.75 Å². The summed E-state index contributed by atoms with van der Waals surface area (Å²) in [6.07, 6.45) is 3.90. The van der Waals surface area contributed by atoms with E-state index in [0.29, 0.717) is 12.4 Å². The van der Waals surface area contributed by atoms with E-state index in [0.717, 1.165) is 11.4 Å². The van der Waals surface area contributed by atoms with Crippen molar-refractivity contribution in [3.05, 3.63) is 33.3 Å². The lowest BCUT2D eigenvalue weighted by Crippen LogP contribution is -2.15. The first kappa shape index (κ1) is 11.6. The molecule has 2 N–H and O–H groups in total. The van der Waals surface area contributed by atoms with Crippen LogP contribution in [0.15, 0.2) is 22.7 Å². The summed E-state index contributed by atoms with van der Waals surface area (Å²) in [5, 5.41) is 6.03. The van der Waals surface area contributed by atoms with Gasteiger partial charge in [-0.1, -0.05) is 0 Å². The summed E-state index contributed by atoms with van der Waals surface area (Å²) in [7, 11) is 1.44. The number of hydrogen-bond donors (Lipinski definition) is 2. The molecule has 0 saturated carbocycles. The molecule has 0 radical (unpaired) electrons. The molecule has 0 fully saturated rings. The van der Waals surface area contributed by atoms with Gasteiger partial charge in [0, 0.05) is 24.5 Å². The lowest BCUT2D eigenvalue weighted by Gasteiger charge is -2.07. The third kappa shape index (κ3) is 2.82. The number of nitrogens with zero attached hydrogens (tertiary/aromatic N) is 2.